The lowest BCUT2D eigenvalue weighted by molar-refractivity contribution is 0.263. The fourth-order valence-electron chi connectivity index (χ4n) is 2.50. The van der Waals surface area contributed by atoms with E-state index in [1.54, 1.807) is 18.2 Å². The van der Waals surface area contributed by atoms with Crippen LogP contribution in [0.5, 0.6) is 11.5 Å². The summed E-state index contributed by atoms with van der Waals surface area (Å²) in [6.45, 7) is 4.37. The molecule has 0 radical (unpaired) electrons. The Labute approximate surface area is 163 Å². The number of aromatic nitrogens is 3. The van der Waals surface area contributed by atoms with Gasteiger partial charge in [-0.2, -0.15) is 20.2 Å². The standard InChI is InChI=1S/C20H20N6O2/c1-3-27-17-10-14(11-21)8-9-16(17)28-12-18-24-19(22)26-20(25-18)23-15-7-5-4-6-13(15)2/h4-10H,3,12H2,1-2H3,(H3,22,23,24,25,26). The number of aryl methyl sites for hydroxylation is 1. The number of nitrogen functional groups attached to an aromatic ring is 1. The van der Waals surface area contributed by atoms with Gasteiger partial charge in [-0.3, -0.25) is 0 Å². The Hall–Kier alpha value is -3.86. The van der Waals surface area contributed by atoms with E-state index in [0.717, 1.165) is 11.3 Å². The average Bonchev–Trinajstić information content (AvgIpc) is 2.68. The van der Waals surface area contributed by atoms with Gasteiger partial charge in [-0.15, -0.1) is 0 Å². The largest absolute Gasteiger partial charge is 0.490 e. The summed E-state index contributed by atoms with van der Waals surface area (Å²) >= 11 is 0. The first-order valence-electron chi connectivity index (χ1n) is 8.72. The maximum absolute atomic E-state index is 9.04. The van der Waals surface area contributed by atoms with Crippen LogP contribution in [0.15, 0.2) is 42.5 Å². The van der Waals surface area contributed by atoms with E-state index in [9.17, 15) is 0 Å². The summed E-state index contributed by atoms with van der Waals surface area (Å²) in [6.07, 6.45) is 0. The van der Waals surface area contributed by atoms with E-state index in [1.807, 2.05) is 38.1 Å². The van der Waals surface area contributed by atoms with Gasteiger partial charge < -0.3 is 20.5 Å². The van der Waals surface area contributed by atoms with Crippen molar-refractivity contribution in [1.29, 1.82) is 5.26 Å². The van der Waals surface area contributed by atoms with Gasteiger partial charge in [-0.05, 0) is 37.6 Å². The fourth-order valence-corrected chi connectivity index (χ4v) is 2.50. The molecule has 8 nitrogen and oxygen atoms in total. The van der Waals surface area contributed by atoms with Crippen LogP contribution in [0.3, 0.4) is 0 Å². The number of benzene rings is 2. The third kappa shape index (κ3) is 4.65. The molecule has 2 aromatic carbocycles. The molecule has 1 heterocycles. The first-order valence-corrected chi connectivity index (χ1v) is 8.72. The third-order valence-electron chi connectivity index (χ3n) is 3.82. The highest BCUT2D eigenvalue weighted by atomic mass is 16.5. The van der Waals surface area contributed by atoms with Crippen LogP contribution in [0.4, 0.5) is 17.6 Å². The normalized spacial score (nSPS) is 10.2. The molecule has 3 aromatic rings. The van der Waals surface area contributed by atoms with Crippen molar-refractivity contribution in [3.8, 4) is 17.6 Å². The topological polar surface area (TPSA) is 119 Å². The van der Waals surface area contributed by atoms with Crippen LogP contribution >= 0.6 is 0 Å². The van der Waals surface area contributed by atoms with Crippen molar-refractivity contribution in [3.05, 3.63) is 59.4 Å². The van der Waals surface area contributed by atoms with Gasteiger partial charge in [0.25, 0.3) is 0 Å². The minimum absolute atomic E-state index is 0.0706. The van der Waals surface area contributed by atoms with Crippen LogP contribution in [-0.4, -0.2) is 21.6 Å². The minimum Gasteiger partial charge on any atom is -0.490 e. The van der Waals surface area contributed by atoms with Crippen molar-refractivity contribution in [2.75, 3.05) is 17.7 Å². The van der Waals surface area contributed by atoms with Gasteiger partial charge in [0, 0.05) is 11.8 Å². The van der Waals surface area contributed by atoms with Crippen LogP contribution in [-0.2, 0) is 6.61 Å². The monoisotopic (exact) mass is 376 g/mol. The lowest BCUT2D eigenvalue weighted by Crippen LogP contribution is -2.10. The second kappa shape index (κ2) is 8.68. The second-order valence-corrected chi connectivity index (χ2v) is 5.87. The van der Waals surface area contributed by atoms with Crippen molar-refractivity contribution in [1.82, 2.24) is 15.0 Å². The van der Waals surface area contributed by atoms with Gasteiger partial charge >= 0.3 is 0 Å². The summed E-state index contributed by atoms with van der Waals surface area (Å²) in [4.78, 5) is 12.6. The van der Waals surface area contributed by atoms with Gasteiger partial charge in [0.15, 0.2) is 17.3 Å². The molecule has 0 saturated heterocycles. The maximum atomic E-state index is 9.04. The Balaban J connectivity index is 1.77. The Morgan fingerprint density at radius 3 is 2.64 bits per heavy atom. The zero-order chi connectivity index (χ0) is 19.9. The molecule has 0 bridgehead atoms. The number of nitrogens with two attached hydrogens (primary N) is 1. The molecule has 0 unspecified atom stereocenters. The molecule has 0 saturated carbocycles. The zero-order valence-corrected chi connectivity index (χ0v) is 15.6. The van der Waals surface area contributed by atoms with E-state index in [2.05, 4.69) is 26.3 Å². The molecule has 0 spiro atoms. The minimum atomic E-state index is 0.0706. The number of para-hydroxylation sites is 1. The number of nitrogens with zero attached hydrogens (tertiary/aromatic N) is 4. The fraction of sp³-hybridized carbons (Fsp3) is 0.200. The summed E-state index contributed by atoms with van der Waals surface area (Å²) < 4.78 is 11.3. The molecule has 0 amide bonds. The van der Waals surface area contributed by atoms with Crippen LogP contribution in [0.1, 0.15) is 23.9 Å². The van der Waals surface area contributed by atoms with Crippen molar-refractivity contribution >= 4 is 17.6 Å². The summed E-state index contributed by atoms with van der Waals surface area (Å²) in [5.74, 6) is 1.78. The van der Waals surface area contributed by atoms with E-state index < -0.39 is 0 Å². The van der Waals surface area contributed by atoms with Gasteiger partial charge in [-0.1, -0.05) is 18.2 Å². The Bertz CT molecular complexity index is 1020. The van der Waals surface area contributed by atoms with Crippen molar-refractivity contribution in [2.24, 2.45) is 0 Å². The number of anilines is 3. The Kier molecular flexibility index (Phi) is 5.87. The summed E-state index contributed by atoms with van der Waals surface area (Å²) in [5, 5.41) is 12.2. The molecule has 0 atom stereocenters. The summed E-state index contributed by atoms with van der Waals surface area (Å²) in [5.41, 5.74) is 8.24. The first kappa shape index (κ1) is 18.9. The number of hydrogen-bond acceptors (Lipinski definition) is 8. The molecule has 142 valence electrons. The highest BCUT2D eigenvalue weighted by Gasteiger charge is 2.10. The summed E-state index contributed by atoms with van der Waals surface area (Å²) in [7, 11) is 0. The Morgan fingerprint density at radius 1 is 1.07 bits per heavy atom. The average molecular weight is 376 g/mol. The quantitative estimate of drug-likeness (QED) is 0.644. The molecule has 1 aromatic heterocycles. The van der Waals surface area contributed by atoms with Crippen LogP contribution in [0, 0.1) is 18.3 Å². The highest BCUT2D eigenvalue weighted by Crippen LogP contribution is 2.29. The van der Waals surface area contributed by atoms with Crippen LogP contribution < -0.4 is 20.5 Å². The highest BCUT2D eigenvalue weighted by molar-refractivity contribution is 5.58. The van der Waals surface area contributed by atoms with Gasteiger partial charge in [0.1, 0.15) is 6.61 Å². The van der Waals surface area contributed by atoms with E-state index in [-0.39, 0.29) is 12.6 Å². The number of nitriles is 1. The van der Waals surface area contributed by atoms with Gasteiger partial charge in [0.05, 0.1) is 18.2 Å². The van der Waals surface area contributed by atoms with Crippen molar-refractivity contribution in [3.63, 3.8) is 0 Å². The van der Waals surface area contributed by atoms with E-state index in [1.165, 1.54) is 0 Å². The summed E-state index contributed by atoms with van der Waals surface area (Å²) in [6, 6.07) is 14.8. The predicted molar refractivity (Wildman–Crippen MR) is 105 cm³/mol. The predicted octanol–water partition coefficient (Wildman–Crippen LogP) is 3.36. The van der Waals surface area contributed by atoms with E-state index >= 15 is 0 Å². The molecule has 0 aliphatic carbocycles. The zero-order valence-electron chi connectivity index (χ0n) is 15.6. The molecule has 0 aliphatic heterocycles. The molecule has 3 N–H and O–H groups in total. The van der Waals surface area contributed by atoms with E-state index in [0.29, 0.717) is 35.4 Å². The van der Waals surface area contributed by atoms with Crippen LogP contribution in [0.2, 0.25) is 0 Å². The van der Waals surface area contributed by atoms with E-state index in [4.69, 9.17) is 20.5 Å². The van der Waals surface area contributed by atoms with Gasteiger partial charge in [0.2, 0.25) is 11.9 Å². The number of nitrogens with one attached hydrogen (secondary N) is 1. The van der Waals surface area contributed by atoms with Crippen molar-refractivity contribution < 1.29 is 9.47 Å². The first-order chi connectivity index (χ1) is 13.6. The lowest BCUT2D eigenvalue weighted by atomic mass is 10.2. The maximum Gasteiger partial charge on any atom is 0.232 e. The second-order valence-electron chi connectivity index (χ2n) is 5.87. The van der Waals surface area contributed by atoms with Gasteiger partial charge in [-0.25, -0.2) is 0 Å². The number of hydrogen-bond donors (Lipinski definition) is 2. The Morgan fingerprint density at radius 2 is 1.89 bits per heavy atom. The smallest absolute Gasteiger partial charge is 0.232 e. The number of rotatable bonds is 7. The molecule has 8 heteroatoms. The molecule has 3 rings (SSSR count). The number of ether oxygens (including phenoxy) is 2. The molecule has 28 heavy (non-hydrogen) atoms. The molecular weight excluding hydrogens is 356 g/mol. The molecule has 0 fully saturated rings. The SMILES string of the molecule is CCOc1cc(C#N)ccc1OCc1nc(N)nc(Nc2ccccc2C)n1. The van der Waals surface area contributed by atoms with Crippen LogP contribution in [0.25, 0.3) is 0 Å². The third-order valence-corrected chi connectivity index (χ3v) is 3.82. The molecule has 0 aliphatic rings. The van der Waals surface area contributed by atoms with Crippen molar-refractivity contribution in [2.45, 2.75) is 20.5 Å². The lowest BCUT2D eigenvalue weighted by Gasteiger charge is -2.12. The molecular formula is C20H20N6O2.